The van der Waals surface area contributed by atoms with E-state index in [4.69, 9.17) is 10.2 Å². The molecule has 3 rings (SSSR count). The number of para-hydroxylation sites is 1. The molecule has 6 nitrogen and oxygen atoms in total. The third kappa shape index (κ3) is 3.52. The number of rotatable bonds is 6. The number of hydrogen-bond donors (Lipinski definition) is 4. The van der Waals surface area contributed by atoms with Gasteiger partial charge >= 0.3 is 11.9 Å². The fraction of sp³-hybridized carbons (Fsp3) is 0.368. The molecule has 0 radical (unpaired) electrons. The van der Waals surface area contributed by atoms with E-state index in [1.54, 1.807) is 0 Å². The van der Waals surface area contributed by atoms with Gasteiger partial charge in [-0.25, -0.2) is 0 Å². The fourth-order valence-electron chi connectivity index (χ4n) is 3.53. The maximum atomic E-state index is 10.9. The second-order valence-electron chi connectivity index (χ2n) is 6.71. The standard InChI is InChI=1S/C19H22N2O4/c1-19-11-3-5-13(8-10-16(24)25)18(19)20-14-6-2-4-12(17(14)21-19)7-9-15(22)23/h2-6,11,18,20-21H,7-10H2,1H3,(H,22,23)(H,24,25). The van der Waals surface area contributed by atoms with Crippen LogP contribution in [0.4, 0.5) is 11.4 Å². The van der Waals surface area contributed by atoms with E-state index >= 15 is 0 Å². The number of aryl methyl sites for hydroxylation is 1. The Balaban J connectivity index is 1.88. The second kappa shape index (κ2) is 6.63. The lowest BCUT2D eigenvalue weighted by molar-refractivity contribution is -0.138. The molecule has 0 saturated heterocycles. The van der Waals surface area contributed by atoms with Gasteiger partial charge in [0.25, 0.3) is 0 Å². The zero-order chi connectivity index (χ0) is 18.0. The van der Waals surface area contributed by atoms with E-state index in [9.17, 15) is 9.59 Å². The van der Waals surface area contributed by atoms with Crippen LogP contribution in [0.1, 0.15) is 31.7 Å². The first-order valence-corrected chi connectivity index (χ1v) is 8.37. The van der Waals surface area contributed by atoms with Gasteiger partial charge in [-0.2, -0.15) is 0 Å². The van der Waals surface area contributed by atoms with Crippen molar-refractivity contribution in [1.29, 1.82) is 0 Å². The molecule has 2 atom stereocenters. The highest BCUT2D eigenvalue weighted by atomic mass is 16.4. The monoisotopic (exact) mass is 342 g/mol. The number of benzene rings is 1. The van der Waals surface area contributed by atoms with Crippen molar-refractivity contribution in [2.24, 2.45) is 0 Å². The number of anilines is 2. The van der Waals surface area contributed by atoms with Gasteiger partial charge in [0.2, 0.25) is 0 Å². The van der Waals surface area contributed by atoms with E-state index in [1.165, 1.54) is 0 Å². The Bertz CT molecular complexity index is 769. The van der Waals surface area contributed by atoms with Gasteiger partial charge in [-0.05, 0) is 37.0 Å². The summed E-state index contributed by atoms with van der Waals surface area (Å²) in [5.74, 6) is -1.63. The number of carboxylic acids is 2. The molecule has 1 aromatic rings. The molecule has 0 bridgehead atoms. The smallest absolute Gasteiger partial charge is 0.303 e. The van der Waals surface area contributed by atoms with Crippen LogP contribution >= 0.6 is 0 Å². The lowest BCUT2D eigenvalue weighted by atomic mass is 9.78. The van der Waals surface area contributed by atoms with Gasteiger partial charge in [-0.3, -0.25) is 9.59 Å². The molecule has 0 fully saturated rings. The van der Waals surface area contributed by atoms with Crippen LogP contribution in [0.15, 0.2) is 42.0 Å². The molecule has 132 valence electrons. The summed E-state index contributed by atoms with van der Waals surface area (Å²) in [4.78, 5) is 21.8. The molecule has 4 N–H and O–H groups in total. The van der Waals surface area contributed by atoms with Gasteiger partial charge in [0.05, 0.1) is 23.0 Å². The minimum absolute atomic E-state index is 0.0425. The topological polar surface area (TPSA) is 98.7 Å². The van der Waals surface area contributed by atoms with Crippen molar-refractivity contribution in [3.8, 4) is 0 Å². The third-order valence-electron chi connectivity index (χ3n) is 4.80. The lowest BCUT2D eigenvalue weighted by Crippen LogP contribution is -2.54. The normalized spacial score (nSPS) is 23.6. The molecule has 0 saturated carbocycles. The summed E-state index contributed by atoms with van der Waals surface area (Å²) in [6.45, 7) is 2.06. The average molecular weight is 342 g/mol. The van der Waals surface area contributed by atoms with Crippen molar-refractivity contribution in [2.75, 3.05) is 10.6 Å². The van der Waals surface area contributed by atoms with Crippen LogP contribution < -0.4 is 10.6 Å². The van der Waals surface area contributed by atoms with Gasteiger partial charge in [0.15, 0.2) is 0 Å². The van der Waals surface area contributed by atoms with Crippen LogP contribution in [-0.4, -0.2) is 33.7 Å². The number of hydrogen-bond acceptors (Lipinski definition) is 4. The van der Waals surface area contributed by atoms with E-state index in [1.807, 2.05) is 30.4 Å². The maximum absolute atomic E-state index is 10.9. The molecule has 2 unspecified atom stereocenters. The summed E-state index contributed by atoms with van der Waals surface area (Å²) in [5.41, 5.74) is 3.45. The van der Waals surface area contributed by atoms with Gasteiger partial charge in [-0.15, -0.1) is 0 Å². The lowest BCUT2D eigenvalue weighted by Gasteiger charge is -2.46. The van der Waals surface area contributed by atoms with E-state index in [0.29, 0.717) is 12.8 Å². The molecular formula is C19H22N2O4. The number of allylic oxidation sites excluding steroid dienone is 2. The van der Waals surface area contributed by atoms with Crippen molar-refractivity contribution in [1.82, 2.24) is 0 Å². The molecule has 2 aliphatic rings. The third-order valence-corrected chi connectivity index (χ3v) is 4.80. The van der Waals surface area contributed by atoms with Crippen molar-refractivity contribution in [2.45, 2.75) is 44.2 Å². The first kappa shape index (κ1) is 17.1. The summed E-state index contributed by atoms with van der Waals surface area (Å²) in [6.07, 6.45) is 7.11. The first-order valence-electron chi connectivity index (χ1n) is 8.37. The van der Waals surface area contributed by atoms with Gasteiger partial charge in [0, 0.05) is 12.8 Å². The zero-order valence-corrected chi connectivity index (χ0v) is 14.1. The highest BCUT2D eigenvalue weighted by Crippen LogP contribution is 2.41. The Labute approximate surface area is 146 Å². The highest BCUT2D eigenvalue weighted by molar-refractivity contribution is 5.79. The van der Waals surface area contributed by atoms with Crippen molar-refractivity contribution in [3.05, 3.63) is 47.6 Å². The molecule has 0 amide bonds. The van der Waals surface area contributed by atoms with Crippen LogP contribution in [0.2, 0.25) is 0 Å². The molecule has 6 heteroatoms. The quantitative estimate of drug-likeness (QED) is 0.634. The molecule has 1 aliphatic heterocycles. The number of carbonyl (C=O) groups is 2. The number of nitrogens with one attached hydrogen (secondary N) is 2. The van der Waals surface area contributed by atoms with E-state index < -0.39 is 17.5 Å². The van der Waals surface area contributed by atoms with Crippen molar-refractivity contribution < 1.29 is 19.8 Å². The Kier molecular flexibility index (Phi) is 4.53. The average Bonchev–Trinajstić information content (AvgIpc) is 2.55. The number of aliphatic carboxylic acids is 2. The van der Waals surface area contributed by atoms with Crippen LogP contribution in [-0.2, 0) is 16.0 Å². The molecular weight excluding hydrogens is 320 g/mol. The Morgan fingerprint density at radius 3 is 2.60 bits per heavy atom. The van der Waals surface area contributed by atoms with Gasteiger partial charge in [0.1, 0.15) is 0 Å². The predicted octanol–water partition coefficient (Wildman–Crippen LogP) is 3.03. The predicted molar refractivity (Wildman–Crippen MR) is 95.9 cm³/mol. The molecule has 1 aliphatic carbocycles. The van der Waals surface area contributed by atoms with Crippen LogP contribution in [0.3, 0.4) is 0 Å². The molecule has 0 aromatic heterocycles. The summed E-state index contributed by atoms with van der Waals surface area (Å²) in [7, 11) is 0. The van der Waals surface area contributed by atoms with Crippen molar-refractivity contribution in [3.63, 3.8) is 0 Å². The van der Waals surface area contributed by atoms with E-state index in [0.717, 1.165) is 22.5 Å². The summed E-state index contributed by atoms with van der Waals surface area (Å²) in [5, 5.41) is 25.0. The Morgan fingerprint density at radius 2 is 1.88 bits per heavy atom. The minimum Gasteiger partial charge on any atom is -0.481 e. The molecule has 1 heterocycles. The van der Waals surface area contributed by atoms with E-state index in [2.05, 4.69) is 23.6 Å². The maximum Gasteiger partial charge on any atom is 0.303 e. The second-order valence-corrected chi connectivity index (χ2v) is 6.71. The first-order chi connectivity index (χ1) is 11.9. The number of carboxylic acid groups (broad SMARTS) is 2. The highest BCUT2D eigenvalue weighted by Gasteiger charge is 2.40. The largest absolute Gasteiger partial charge is 0.481 e. The fourth-order valence-corrected chi connectivity index (χ4v) is 3.53. The summed E-state index contributed by atoms with van der Waals surface area (Å²) in [6, 6.07) is 5.76. The van der Waals surface area contributed by atoms with E-state index in [-0.39, 0.29) is 18.9 Å². The van der Waals surface area contributed by atoms with Gasteiger partial charge < -0.3 is 20.8 Å². The van der Waals surface area contributed by atoms with Crippen LogP contribution in [0, 0.1) is 0 Å². The van der Waals surface area contributed by atoms with Crippen LogP contribution in [0.25, 0.3) is 0 Å². The molecule has 1 aromatic carbocycles. The van der Waals surface area contributed by atoms with Crippen LogP contribution in [0.5, 0.6) is 0 Å². The summed E-state index contributed by atoms with van der Waals surface area (Å²) < 4.78 is 0. The molecule has 25 heavy (non-hydrogen) atoms. The summed E-state index contributed by atoms with van der Waals surface area (Å²) >= 11 is 0. The number of fused-ring (bicyclic) bond motifs is 2. The molecule has 0 spiro atoms. The van der Waals surface area contributed by atoms with Crippen molar-refractivity contribution >= 4 is 23.3 Å². The van der Waals surface area contributed by atoms with Gasteiger partial charge in [-0.1, -0.05) is 30.4 Å². The Morgan fingerprint density at radius 1 is 1.16 bits per heavy atom. The Hall–Kier alpha value is -2.76. The zero-order valence-electron chi connectivity index (χ0n) is 14.1. The SMILES string of the molecule is CC12C=CC=C(CCC(=O)O)C1Nc1cccc(CCC(=O)O)c1N2. The minimum atomic E-state index is -0.818.